The number of hydrogen-bond donors (Lipinski definition) is 2. The Morgan fingerprint density at radius 2 is 2.20 bits per heavy atom. The van der Waals surface area contributed by atoms with Crippen molar-refractivity contribution < 1.29 is 14.7 Å². The summed E-state index contributed by atoms with van der Waals surface area (Å²) in [5.41, 5.74) is 0.963. The van der Waals surface area contributed by atoms with Gasteiger partial charge in [-0.05, 0) is 23.5 Å². The highest BCUT2D eigenvalue weighted by molar-refractivity contribution is 5.85. The van der Waals surface area contributed by atoms with Crippen molar-refractivity contribution >= 4 is 12.0 Å². The average Bonchev–Trinajstić information content (AvgIpc) is 2.77. The van der Waals surface area contributed by atoms with E-state index in [-0.39, 0.29) is 17.1 Å². The van der Waals surface area contributed by atoms with Crippen LogP contribution in [-0.4, -0.2) is 40.1 Å². The summed E-state index contributed by atoms with van der Waals surface area (Å²) in [6, 6.07) is 3.01. The van der Waals surface area contributed by atoms with Gasteiger partial charge in [0.2, 0.25) is 0 Å². The van der Waals surface area contributed by atoms with E-state index in [1.165, 1.54) is 12.3 Å². The molecule has 108 valence electrons. The molecule has 0 aromatic carbocycles. The normalized spacial score (nSPS) is 17.0. The highest BCUT2D eigenvalue weighted by atomic mass is 16.4. The minimum absolute atomic E-state index is 0.00127. The smallest absolute Gasteiger partial charge is 0.354 e. The Hall–Kier alpha value is -2.11. The van der Waals surface area contributed by atoms with Crippen LogP contribution in [0.4, 0.5) is 4.79 Å². The summed E-state index contributed by atoms with van der Waals surface area (Å²) in [5, 5.41) is 11.6. The fraction of sp³-hybridized carbons (Fsp3) is 0.500. The topological polar surface area (TPSA) is 82.5 Å². The van der Waals surface area contributed by atoms with E-state index in [1.54, 1.807) is 11.0 Å². The van der Waals surface area contributed by atoms with Gasteiger partial charge in [-0.2, -0.15) is 0 Å². The first-order valence-electron chi connectivity index (χ1n) is 6.58. The van der Waals surface area contributed by atoms with Crippen molar-refractivity contribution in [3.63, 3.8) is 0 Å². The zero-order valence-corrected chi connectivity index (χ0v) is 11.7. The molecule has 1 aromatic rings. The summed E-state index contributed by atoms with van der Waals surface area (Å²) in [6.07, 6.45) is 2.48. The summed E-state index contributed by atoms with van der Waals surface area (Å²) in [7, 11) is 0. The van der Waals surface area contributed by atoms with Crippen LogP contribution in [0.25, 0.3) is 0 Å². The van der Waals surface area contributed by atoms with Crippen LogP contribution in [0, 0.1) is 5.41 Å². The van der Waals surface area contributed by atoms with Gasteiger partial charge in [-0.1, -0.05) is 19.9 Å². The van der Waals surface area contributed by atoms with Gasteiger partial charge in [0.15, 0.2) is 0 Å². The Kier molecular flexibility index (Phi) is 3.92. The SMILES string of the molecule is CC1(C)CCN(C(=O)NCc2ccc(C(=O)O)nc2)C1. The Balaban J connectivity index is 1.86. The number of nitrogens with one attached hydrogen (secondary N) is 1. The molecule has 1 fully saturated rings. The molecular formula is C14H19N3O3. The zero-order chi connectivity index (χ0) is 14.8. The summed E-state index contributed by atoms with van der Waals surface area (Å²) < 4.78 is 0. The fourth-order valence-corrected chi connectivity index (χ4v) is 2.23. The second-order valence-corrected chi connectivity index (χ2v) is 5.85. The highest BCUT2D eigenvalue weighted by Crippen LogP contribution is 2.28. The lowest BCUT2D eigenvalue weighted by Crippen LogP contribution is -2.38. The van der Waals surface area contributed by atoms with Crippen LogP contribution in [0.2, 0.25) is 0 Å². The van der Waals surface area contributed by atoms with Gasteiger partial charge in [-0.15, -0.1) is 0 Å². The van der Waals surface area contributed by atoms with Gasteiger partial charge in [0.25, 0.3) is 0 Å². The Bertz CT molecular complexity index is 511. The van der Waals surface area contributed by atoms with Crippen molar-refractivity contribution in [3.8, 4) is 0 Å². The minimum Gasteiger partial charge on any atom is -0.477 e. The van der Waals surface area contributed by atoms with Crippen molar-refractivity contribution in [3.05, 3.63) is 29.6 Å². The van der Waals surface area contributed by atoms with Crippen LogP contribution in [0.3, 0.4) is 0 Å². The van der Waals surface area contributed by atoms with E-state index in [1.807, 2.05) is 0 Å². The number of carboxylic acid groups (broad SMARTS) is 1. The first-order chi connectivity index (χ1) is 9.37. The molecule has 1 aliphatic rings. The maximum Gasteiger partial charge on any atom is 0.354 e. The molecule has 0 bridgehead atoms. The number of likely N-dealkylation sites (tertiary alicyclic amines) is 1. The fourth-order valence-electron chi connectivity index (χ4n) is 2.23. The molecule has 0 saturated carbocycles. The molecule has 0 radical (unpaired) electrons. The van der Waals surface area contributed by atoms with Crippen LogP contribution in [-0.2, 0) is 6.54 Å². The maximum atomic E-state index is 12.0. The van der Waals surface area contributed by atoms with Gasteiger partial charge in [0.1, 0.15) is 5.69 Å². The molecule has 1 aromatic heterocycles. The third-order valence-corrected chi connectivity index (χ3v) is 3.45. The Morgan fingerprint density at radius 3 is 2.70 bits per heavy atom. The molecule has 1 saturated heterocycles. The van der Waals surface area contributed by atoms with Crippen molar-refractivity contribution in [1.29, 1.82) is 0 Å². The molecular weight excluding hydrogens is 258 g/mol. The number of rotatable bonds is 3. The molecule has 1 aliphatic heterocycles. The second kappa shape index (κ2) is 5.48. The van der Waals surface area contributed by atoms with Crippen LogP contribution in [0.5, 0.6) is 0 Å². The summed E-state index contributed by atoms with van der Waals surface area (Å²) in [5.74, 6) is -1.06. The number of carboxylic acids is 1. The minimum atomic E-state index is -1.06. The van der Waals surface area contributed by atoms with E-state index < -0.39 is 5.97 Å². The van der Waals surface area contributed by atoms with E-state index in [2.05, 4.69) is 24.1 Å². The molecule has 2 N–H and O–H groups in total. The van der Waals surface area contributed by atoms with Crippen molar-refractivity contribution in [2.45, 2.75) is 26.8 Å². The maximum absolute atomic E-state index is 12.0. The van der Waals surface area contributed by atoms with Crippen LogP contribution in [0.15, 0.2) is 18.3 Å². The third-order valence-electron chi connectivity index (χ3n) is 3.45. The van der Waals surface area contributed by atoms with Crippen molar-refractivity contribution in [2.75, 3.05) is 13.1 Å². The number of nitrogens with zero attached hydrogens (tertiary/aromatic N) is 2. The van der Waals surface area contributed by atoms with E-state index in [9.17, 15) is 9.59 Å². The predicted molar refractivity (Wildman–Crippen MR) is 73.4 cm³/mol. The lowest BCUT2D eigenvalue weighted by molar-refractivity contribution is 0.0690. The number of aromatic carboxylic acids is 1. The van der Waals surface area contributed by atoms with E-state index in [0.717, 1.165) is 25.1 Å². The number of carbonyl (C=O) groups excluding carboxylic acids is 1. The third kappa shape index (κ3) is 3.46. The van der Waals surface area contributed by atoms with Crippen LogP contribution >= 0.6 is 0 Å². The van der Waals surface area contributed by atoms with E-state index in [0.29, 0.717) is 6.54 Å². The molecule has 2 rings (SSSR count). The number of amides is 2. The number of urea groups is 1. The standard InChI is InChI=1S/C14H19N3O3/c1-14(2)5-6-17(9-14)13(20)16-8-10-3-4-11(12(18)19)15-7-10/h3-4,7H,5-6,8-9H2,1-2H3,(H,16,20)(H,18,19). The molecule has 2 heterocycles. The summed E-state index contributed by atoms with van der Waals surface area (Å²) >= 11 is 0. The zero-order valence-electron chi connectivity index (χ0n) is 11.7. The van der Waals surface area contributed by atoms with Gasteiger partial charge in [-0.25, -0.2) is 14.6 Å². The van der Waals surface area contributed by atoms with Gasteiger partial charge in [0.05, 0.1) is 0 Å². The van der Waals surface area contributed by atoms with Gasteiger partial charge in [-0.3, -0.25) is 0 Å². The van der Waals surface area contributed by atoms with Crippen molar-refractivity contribution in [1.82, 2.24) is 15.2 Å². The lowest BCUT2D eigenvalue weighted by Gasteiger charge is -2.20. The Morgan fingerprint density at radius 1 is 1.45 bits per heavy atom. The van der Waals surface area contributed by atoms with Gasteiger partial charge < -0.3 is 15.3 Å². The number of pyridine rings is 1. The van der Waals surface area contributed by atoms with E-state index in [4.69, 9.17) is 5.11 Å². The van der Waals surface area contributed by atoms with Gasteiger partial charge in [0, 0.05) is 25.8 Å². The summed E-state index contributed by atoms with van der Waals surface area (Å²) in [6.45, 7) is 6.18. The number of carbonyl (C=O) groups is 2. The van der Waals surface area contributed by atoms with Gasteiger partial charge >= 0.3 is 12.0 Å². The average molecular weight is 277 g/mol. The molecule has 0 aliphatic carbocycles. The first-order valence-corrected chi connectivity index (χ1v) is 6.58. The van der Waals surface area contributed by atoms with E-state index >= 15 is 0 Å². The molecule has 20 heavy (non-hydrogen) atoms. The first kappa shape index (κ1) is 14.3. The monoisotopic (exact) mass is 277 g/mol. The molecule has 6 nitrogen and oxygen atoms in total. The number of hydrogen-bond acceptors (Lipinski definition) is 3. The molecule has 0 unspecified atom stereocenters. The molecule has 0 spiro atoms. The molecule has 2 amide bonds. The lowest BCUT2D eigenvalue weighted by atomic mass is 9.93. The molecule has 0 atom stereocenters. The van der Waals surface area contributed by atoms with Crippen LogP contribution < -0.4 is 5.32 Å². The number of aromatic nitrogens is 1. The van der Waals surface area contributed by atoms with Crippen molar-refractivity contribution in [2.24, 2.45) is 5.41 Å². The summed E-state index contributed by atoms with van der Waals surface area (Å²) in [4.78, 5) is 28.3. The highest BCUT2D eigenvalue weighted by Gasteiger charge is 2.31. The van der Waals surface area contributed by atoms with Crippen LogP contribution in [0.1, 0.15) is 36.3 Å². The second-order valence-electron chi connectivity index (χ2n) is 5.85. The quantitative estimate of drug-likeness (QED) is 0.881. The Labute approximate surface area is 117 Å². The largest absolute Gasteiger partial charge is 0.477 e. The molecule has 6 heteroatoms. The predicted octanol–water partition coefficient (Wildman–Crippen LogP) is 1.72.